The van der Waals surface area contributed by atoms with Gasteiger partial charge in [-0.05, 0) is 54.7 Å². The Morgan fingerprint density at radius 2 is 1.74 bits per heavy atom. The first-order valence-electron chi connectivity index (χ1n) is 14.3. The lowest BCUT2D eigenvalue weighted by molar-refractivity contribution is -0.141. The Kier molecular flexibility index (Phi) is 9.73. The molecular weight excluding hydrogens is 550 g/mol. The average molecular weight is 588 g/mol. The fraction of sp³-hybridized carbons (Fsp3) is 0.375. The molecule has 0 radical (unpaired) electrons. The van der Waals surface area contributed by atoms with E-state index in [0.717, 1.165) is 23.9 Å². The first-order chi connectivity index (χ1) is 21.0. The van der Waals surface area contributed by atoms with E-state index >= 15 is 0 Å². The molecule has 226 valence electrons. The van der Waals surface area contributed by atoms with Gasteiger partial charge in [0, 0.05) is 19.7 Å². The predicted octanol–water partition coefficient (Wildman–Crippen LogP) is 3.56. The smallest absolute Gasteiger partial charge is 0.247 e. The lowest BCUT2D eigenvalue weighted by Crippen LogP contribution is -2.47. The third kappa shape index (κ3) is 6.89. The van der Waals surface area contributed by atoms with E-state index in [4.69, 9.17) is 18.9 Å². The molecule has 3 aromatic carbocycles. The zero-order chi connectivity index (χ0) is 30.2. The minimum Gasteiger partial charge on any atom is -0.493 e. The lowest BCUT2D eigenvalue weighted by atomic mass is 10.0. The van der Waals surface area contributed by atoms with Crippen molar-refractivity contribution in [3.63, 3.8) is 0 Å². The van der Waals surface area contributed by atoms with Gasteiger partial charge in [0.2, 0.25) is 17.6 Å². The minimum atomic E-state index is -1.01. The number of aromatic nitrogens is 3. The number of nitrogens with zero attached hydrogens (tertiary/aromatic N) is 4. The number of methoxy groups -OCH3 is 3. The summed E-state index contributed by atoms with van der Waals surface area (Å²) < 4.78 is 24.1. The molecule has 1 saturated heterocycles. The quantitative estimate of drug-likeness (QED) is 0.252. The second-order valence-corrected chi connectivity index (χ2v) is 10.3. The number of ether oxygens (including phenoxy) is 4. The van der Waals surface area contributed by atoms with Gasteiger partial charge in [0.15, 0.2) is 11.5 Å². The molecule has 11 heteroatoms. The molecule has 0 saturated carbocycles. The van der Waals surface area contributed by atoms with Gasteiger partial charge in [0.05, 0.1) is 33.0 Å². The van der Waals surface area contributed by atoms with Crippen molar-refractivity contribution in [2.45, 2.75) is 38.0 Å². The van der Waals surface area contributed by atoms with Gasteiger partial charge >= 0.3 is 0 Å². The van der Waals surface area contributed by atoms with Crippen molar-refractivity contribution in [3.8, 4) is 17.2 Å². The SMILES string of the molecule is COc1cc(C(C(=O)NCC2CCCO2)N(CCc2ccccc2)C(=O)Cn2nnc3ccccc32)cc(OC)c1OC. The Hall–Kier alpha value is -4.64. The van der Waals surface area contributed by atoms with Crippen LogP contribution in [0.2, 0.25) is 0 Å². The fourth-order valence-electron chi connectivity index (χ4n) is 5.39. The summed E-state index contributed by atoms with van der Waals surface area (Å²) in [7, 11) is 4.55. The van der Waals surface area contributed by atoms with Gasteiger partial charge in [0.25, 0.3) is 0 Å². The Labute approximate surface area is 250 Å². The molecule has 0 spiro atoms. The number of hydrogen-bond donors (Lipinski definition) is 1. The summed E-state index contributed by atoms with van der Waals surface area (Å²) in [6, 6.07) is 19.7. The summed E-state index contributed by atoms with van der Waals surface area (Å²) in [6.07, 6.45) is 2.28. The van der Waals surface area contributed by atoms with Crippen LogP contribution in [0.1, 0.15) is 30.0 Å². The van der Waals surface area contributed by atoms with Crippen LogP contribution in [-0.2, 0) is 27.3 Å². The Morgan fingerprint density at radius 1 is 1.02 bits per heavy atom. The first-order valence-corrected chi connectivity index (χ1v) is 14.3. The Morgan fingerprint density at radius 3 is 2.42 bits per heavy atom. The van der Waals surface area contributed by atoms with Gasteiger partial charge in [-0.15, -0.1) is 5.10 Å². The molecule has 43 heavy (non-hydrogen) atoms. The molecule has 0 aliphatic carbocycles. The number of nitrogens with one attached hydrogen (secondary N) is 1. The van der Waals surface area contributed by atoms with Crippen LogP contribution < -0.4 is 19.5 Å². The van der Waals surface area contributed by atoms with E-state index < -0.39 is 6.04 Å². The summed E-state index contributed by atoms with van der Waals surface area (Å²) in [6.45, 7) is 1.18. The Balaban J connectivity index is 1.55. The first kappa shape index (κ1) is 29.8. The molecule has 1 fully saturated rings. The third-order valence-electron chi connectivity index (χ3n) is 7.60. The van der Waals surface area contributed by atoms with Crippen molar-refractivity contribution in [3.05, 3.63) is 77.9 Å². The van der Waals surface area contributed by atoms with Gasteiger partial charge < -0.3 is 29.2 Å². The average Bonchev–Trinajstić information content (AvgIpc) is 3.72. The van der Waals surface area contributed by atoms with Crippen molar-refractivity contribution < 1.29 is 28.5 Å². The molecule has 2 unspecified atom stereocenters. The molecule has 0 bridgehead atoms. The number of para-hydroxylation sites is 1. The number of fused-ring (bicyclic) bond motifs is 1. The normalized spacial score (nSPS) is 15.2. The second-order valence-electron chi connectivity index (χ2n) is 10.3. The number of rotatable bonds is 13. The summed E-state index contributed by atoms with van der Waals surface area (Å²) in [5.41, 5.74) is 2.96. The maximum Gasteiger partial charge on any atom is 0.247 e. The number of hydrogen-bond acceptors (Lipinski definition) is 8. The molecule has 5 rings (SSSR count). The monoisotopic (exact) mass is 587 g/mol. The van der Waals surface area contributed by atoms with Gasteiger partial charge in [-0.1, -0.05) is 47.7 Å². The van der Waals surface area contributed by atoms with Crippen LogP contribution in [0.25, 0.3) is 11.0 Å². The fourth-order valence-corrected chi connectivity index (χ4v) is 5.39. The summed E-state index contributed by atoms with van der Waals surface area (Å²) in [5.74, 6) is 0.522. The predicted molar refractivity (Wildman–Crippen MR) is 160 cm³/mol. The summed E-state index contributed by atoms with van der Waals surface area (Å²) in [4.78, 5) is 29.9. The zero-order valence-corrected chi connectivity index (χ0v) is 24.7. The Bertz CT molecular complexity index is 1510. The van der Waals surface area contributed by atoms with E-state index in [1.54, 1.807) is 21.7 Å². The topological polar surface area (TPSA) is 117 Å². The van der Waals surface area contributed by atoms with Crippen molar-refractivity contribution in [2.24, 2.45) is 0 Å². The van der Waals surface area contributed by atoms with E-state index in [-0.39, 0.29) is 31.0 Å². The third-order valence-corrected chi connectivity index (χ3v) is 7.60. The van der Waals surface area contributed by atoms with Crippen LogP contribution >= 0.6 is 0 Å². The molecule has 4 aromatic rings. The number of amides is 2. The largest absolute Gasteiger partial charge is 0.493 e. The van der Waals surface area contributed by atoms with Crippen LogP contribution in [0.15, 0.2) is 66.7 Å². The van der Waals surface area contributed by atoms with Crippen molar-refractivity contribution in [2.75, 3.05) is 41.0 Å². The molecule has 2 amide bonds. The van der Waals surface area contributed by atoms with Gasteiger partial charge in [-0.25, -0.2) is 4.68 Å². The van der Waals surface area contributed by atoms with Crippen molar-refractivity contribution in [1.29, 1.82) is 0 Å². The molecule has 11 nitrogen and oxygen atoms in total. The van der Waals surface area contributed by atoms with Gasteiger partial charge in [-0.2, -0.15) is 0 Å². The minimum absolute atomic E-state index is 0.0699. The molecule has 2 atom stereocenters. The molecule has 1 aliphatic rings. The highest BCUT2D eigenvalue weighted by molar-refractivity contribution is 5.89. The van der Waals surface area contributed by atoms with E-state index in [2.05, 4.69) is 15.6 Å². The molecule has 1 aromatic heterocycles. The maximum atomic E-state index is 14.2. The van der Waals surface area contributed by atoms with Crippen LogP contribution in [0.5, 0.6) is 17.2 Å². The highest BCUT2D eigenvalue weighted by Gasteiger charge is 2.34. The van der Waals surface area contributed by atoms with Crippen LogP contribution in [-0.4, -0.2) is 78.8 Å². The van der Waals surface area contributed by atoms with Crippen molar-refractivity contribution >= 4 is 22.8 Å². The molecular formula is C32H37N5O6. The number of carbonyl (C=O) groups excluding carboxylic acids is 2. The zero-order valence-electron chi connectivity index (χ0n) is 24.7. The standard InChI is InChI=1S/C32H37N5O6/c1-40-27-18-23(19-28(41-2)31(27)42-3)30(32(39)33-20-24-12-9-17-43-24)36(16-15-22-10-5-4-6-11-22)29(38)21-37-26-14-8-7-13-25(26)34-35-37/h4-8,10-11,13-14,18-19,24,30H,9,12,15-17,20-21H2,1-3H3,(H,33,39). The highest BCUT2D eigenvalue weighted by Crippen LogP contribution is 2.41. The van der Waals surface area contributed by atoms with E-state index in [0.29, 0.717) is 47.9 Å². The second kappa shape index (κ2) is 14.0. The highest BCUT2D eigenvalue weighted by atomic mass is 16.5. The van der Waals surface area contributed by atoms with E-state index in [1.165, 1.54) is 21.3 Å². The maximum absolute atomic E-state index is 14.2. The number of benzene rings is 3. The van der Waals surface area contributed by atoms with Crippen LogP contribution in [0, 0.1) is 0 Å². The van der Waals surface area contributed by atoms with Crippen LogP contribution in [0.4, 0.5) is 0 Å². The van der Waals surface area contributed by atoms with Gasteiger partial charge in [0.1, 0.15) is 18.1 Å². The summed E-state index contributed by atoms with van der Waals surface area (Å²) in [5, 5.41) is 11.5. The lowest BCUT2D eigenvalue weighted by Gasteiger charge is -2.32. The van der Waals surface area contributed by atoms with Crippen molar-refractivity contribution in [1.82, 2.24) is 25.2 Å². The molecule has 1 N–H and O–H groups in total. The molecule has 2 heterocycles. The van der Waals surface area contributed by atoms with Gasteiger partial charge in [-0.3, -0.25) is 9.59 Å². The van der Waals surface area contributed by atoms with E-state index in [9.17, 15) is 9.59 Å². The summed E-state index contributed by atoms with van der Waals surface area (Å²) >= 11 is 0. The molecule has 1 aliphatic heterocycles. The van der Waals surface area contributed by atoms with E-state index in [1.807, 2.05) is 54.6 Å². The van der Waals surface area contributed by atoms with Crippen LogP contribution in [0.3, 0.4) is 0 Å². The number of carbonyl (C=O) groups is 2.